The van der Waals surface area contributed by atoms with E-state index in [9.17, 15) is 4.79 Å². The zero-order valence-corrected chi connectivity index (χ0v) is 32.0. The Hall–Kier alpha value is -1.81. The van der Waals surface area contributed by atoms with E-state index in [1.54, 1.807) is 0 Å². The minimum Gasteiger partial charge on any atom is -0.450 e. The molecule has 1 unspecified atom stereocenters. The Morgan fingerprint density at radius 1 is 0.553 bits per heavy atom. The van der Waals surface area contributed by atoms with Crippen molar-refractivity contribution in [1.29, 1.82) is 0 Å². The van der Waals surface area contributed by atoms with Crippen LogP contribution >= 0.6 is 0 Å². The van der Waals surface area contributed by atoms with Crippen molar-refractivity contribution >= 4 is 6.09 Å². The van der Waals surface area contributed by atoms with E-state index in [0.717, 1.165) is 32.4 Å². The van der Waals surface area contributed by atoms with E-state index in [1.165, 1.54) is 148 Å². The summed E-state index contributed by atoms with van der Waals surface area (Å²) in [6, 6.07) is 0. The van der Waals surface area contributed by atoms with E-state index in [4.69, 9.17) is 4.74 Å². The molecule has 0 aliphatic rings. The van der Waals surface area contributed by atoms with Gasteiger partial charge in [0.1, 0.15) is 0 Å². The molecule has 4 heteroatoms. The molecule has 1 atom stereocenters. The molecular weight excluding hydrogens is 576 g/mol. The van der Waals surface area contributed by atoms with Crippen molar-refractivity contribution in [2.45, 2.75) is 181 Å². The number of rotatable bonds is 35. The van der Waals surface area contributed by atoms with Crippen LogP contribution in [0.4, 0.5) is 4.79 Å². The third-order valence-corrected chi connectivity index (χ3v) is 8.89. The molecule has 47 heavy (non-hydrogen) atoms. The molecule has 0 heterocycles. The third kappa shape index (κ3) is 38.5. The summed E-state index contributed by atoms with van der Waals surface area (Å²) in [6.45, 7) is 6.70. The molecule has 0 aliphatic carbocycles. The van der Waals surface area contributed by atoms with Gasteiger partial charge >= 0.3 is 6.09 Å². The number of carbonyl (C=O) groups excluding carboxylic acids is 1. The van der Waals surface area contributed by atoms with Crippen LogP contribution < -0.4 is 5.32 Å². The number of ether oxygens (including phenoxy) is 1. The molecular formula is C43H80N2O2. The van der Waals surface area contributed by atoms with Gasteiger partial charge in [0, 0.05) is 13.1 Å². The molecule has 0 saturated carbocycles. The average Bonchev–Trinajstić information content (AvgIpc) is 3.06. The number of unbranched alkanes of at least 4 members (excludes halogenated alkanes) is 17. The Labute approximate surface area is 294 Å². The summed E-state index contributed by atoms with van der Waals surface area (Å²) >= 11 is 0. The first kappa shape index (κ1) is 45.2. The zero-order valence-electron chi connectivity index (χ0n) is 32.0. The molecule has 0 fully saturated rings. The summed E-state index contributed by atoms with van der Waals surface area (Å²) in [6.07, 6.45) is 51.3. The van der Waals surface area contributed by atoms with Crippen molar-refractivity contribution in [1.82, 2.24) is 10.2 Å². The minimum absolute atomic E-state index is 0.243. The third-order valence-electron chi connectivity index (χ3n) is 8.89. The first-order valence-electron chi connectivity index (χ1n) is 20.2. The average molecular weight is 657 g/mol. The second-order valence-corrected chi connectivity index (χ2v) is 13.9. The molecule has 0 aromatic carbocycles. The summed E-state index contributed by atoms with van der Waals surface area (Å²) in [5, 5.41) is 3.08. The number of hydrogen-bond acceptors (Lipinski definition) is 3. The summed E-state index contributed by atoms with van der Waals surface area (Å²) in [5.74, 6) is 0.566. The van der Waals surface area contributed by atoms with Crippen molar-refractivity contribution in [2.75, 3.05) is 33.8 Å². The second-order valence-electron chi connectivity index (χ2n) is 13.9. The standard InChI is InChI=1S/C43H80N2O2/c1-5-7-9-11-13-15-17-19-21-23-25-27-29-31-33-35-38-42(41-44-43(46)47-40-36-39-45(3)4)37-34-32-30-28-26-24-22-20-18-16-14-12-10-8-6-2/h12-15,18-21,42H,5-11,16-17,22-41H2,1-4H3,(H,44,46)/b14-12-,15-13-,20-18-,21-19-. The highest BCUT2D eigenvalue weighted by molar-refractivity contribution is 5.67. The summed E-state index contributed by atoms with van der Waals surface area (Å²) in [7, 11) is 4.10. The van der Waals surface area contributed by atoms with Gasteiger partial charge in [-0.25, -0.2) is 4.79 Å². The van der Waals surface area contributed by atoms with Crippen LogP contribution in [0.3, 0.4) is 0 Å². The van der Waals surface area contributed by atoms with Crippen LogP contribution in [-0.4, -0.2) is 44.8 Å². The first-order valence-corrected chi connectivity index (χ1v) is 20.2. The molecule has 0 aromatic heterocycles. The molecule has 274 valence electrons. The van der Waals surface area contributed by atoms with Crippen molar-refractivity contribution in [2.24, 2.45) is 5.92 Å². The Morgan fingerprint density at radius 2 is 0.979 bits per heavy atom. The number of amides is 1. The fraction of sp³-hybridized carbons (Fsp3) is 0.791. The van der Waals surface area contributed by atoms with Crippen LogP contribution in [0, 0.1) is 5.92 Å². The molecule has 0 saturated heterocycles. The van der Waals surface area contributed by atoms with E-state index in [2.05, 4.69) is 72.7 Å². The molecule has 0 bridgehead atoms. The fourth-order valence-electron chi connectivity index (χ4n) is 5.83. The lowest BCUT2D eigenvalue weighted by Crippen LogP contribution is -2.30. The second kappa shape index (κ2) is 38.6. The van der Waals surface area contributed by atoms with Crippen LogP contribution in [0.5, 0.6) is 0 Å². The van der Waals surface area contributed by atoms with Gasteiger partial charge in [-0.1, -0.05) is 152 Å². The number of hydrogen-bond donors (Lipinski definition) is 1. The number of allylic oxidation sites excluding steroid dienone is 8. The molecule has 0 radical (unpaired) electrons. The smallest absolute Gasteiger partial charge is 0.407 e. The maximum absolute atomic E-state index is 12.3. The Morgan fingerprint density at radius 3 is 1.45 bits per heavy atom. The molecule has 0 rings (SSSR count). The van der Waals surface area contributed by atoms with Crippen LogP contribution in [0.1, 0.15) is 181 Å². The normalized spacial score (nSPS) is 12.9. The summed E-state index contributed by atoms with van der Waals surface area (Å²) < 4.78 is 5.42. The van der Waals surface area contributed by atoms with Gasteiger partial charge in [-0.15, -0.1) is 0 Å². The summed E-state index contributed by atoms with van der Waals surface area (Å²) in [5.41, 5.74) is 0. The quantitative estimate of drug-likeness (QED) is 0.0545. The van der Waals surface area contributed by atoms with Gasteiger partial charge in [-0.3, -0.25) is 0 Å². The van der Waals surface area contributed by atoms with Crippen molar-refractivity contribution in [3.05, 3.63) is 48.6 Å². The highest BCUT2D eigenvalue weighted by Crippen LogP contribution is 2.19. The van der Waals surface area contributed by atoms with Gasteiger partial charge < -0.3 is 15.0 Å². The van der Waals surface area contributed by atoms with Crippen LogP contribution in [0.2, 0.25) is 0 Å². The highest BCUT2D eigenvalue weighted by atomic mass is 16.5. The van der Waals surface area contributed by atoms with E-state index in [1.807, 2.05) is 14.1 Å². The lowest BCUT2D eigenvalue weighted by atomic mass is 9.94. The van der Waals surface area contributed by atoms with E-state index < -0.39 is 0 Å². The maximum Gasteiger partial charge on any atom is 0.407 e. The minimum atomic E-state index is -0.243. The Bertz CT molecular complexity index is 755. The predicted octanol–water partition coefficient (Wildman–Crippen LogP) is 13.3. The number of nitrogens with one attached hydrogen (secondary N) is 1. The Kier molecular flexibility index (Phi) is 37.1. The summed E-state index contributed by atoms with van der Waals surface area (Å²) in [4.78, 5) is 14.4. The van der Waals surface area contributed by atoms with Crippen molar-refractivity contribution < 1.29 is 9.53 Å². The topological polar surface area (TPSA) is 41.6 Å². The molecule has 1 amide bonds. The van der Waals surface area contributed by atoms with Crippen molar-refractivity contribution in [3.63, 3.8) is 0 Å². The SMILES string of the molecule is CCCC/C=C\C/C=C\CCCCCCCCC(CCCCCCCC/C=C\C/C=C\CCCCC)CNC(=O)OCCCN(C)C. The van der Waals surface area contributed by atoms with Gasteiger partial charge in [-0.2, -0.15) is 0 Å². The van der Waals surface area contributed by atoms with Gasteiger partial charge in [0.25, 0.3) is 0 Å². The number of nitrogens with zero attached hydrogens (tertiary/aromatic N) is 1. The predicted molar refractivity (Wildman–Crippen MR) is 209 cm³/mol. The molecule has 0 aliphatic heterocycles. The van der Waals surface area contributed by atoms with Gasteiger partial charge in [0.2, 0.25) is 0 Å². The van der Waals surface area contributed by atoms with E-state index >= 15 is 0 Å². The van der Waals surface area contributed by atoms with E-state index in [0.29, 0.717) is 12.5 Å². The van der Waals surface area contributed by atoms with E-state index in [-0.39, 0.29) is 6.09 Å². The maximum atomic E-state index is 12.3. The Balaban J connectivity index is 4.09. The lowest BCUT2D eigenvalue weighted by molar-refractivity contribution is 0.139. The zero-order chi connectivity index (χ0) is 34.3. The number of carbonyl (C=O) groups is 1. The van der Waals surface area contributed by atoms with Crippen molar-refractivity contribution in [3.8, 4) is 0 Å². The fourth-order valence-corrected chi connectivity index (χ4v) is 5.83. The van der Waals surface area contributed by atoms with Crippen LogP contribution in [0.15, 0.2) is 48.6 Å². The molecule has 0 spiro atoms. The van der Waals surface area contributed by atoms with Gasteiger partial charge in [0.15, 0.2) is 0 Å². The largest absolute Gasteiger partial charge is 0.450 e. The molecule has 0 aromatic rings. The van der Waals surface area contributed by atoms with Crippen LogP contribution in [0.25, 0.3) is 0 Å². The van der Waals surface area contributed by atoms with Crippen LogP contribution in [-0.2, 0) is 4.74 Å². The molecule has 4 nitrogen and oxygen atoms in total. The highest BCUT2D eigenvalue weighted by Gasteiger charge is 2.11. The lowest BCUT2D eigenvalue weighted by Gasteiger charge is -2.18. The monoisotopic (exact) mass is 657 g/mol. The first-order chi connectivity index (χ1) is 23.1. The number of alkyl carbamates (subject to hydrolysis) is 1. The van der Waals surface area contributed by atoms with Gasteiger partial charge in [-0.05, 0) is 97.1 Å². The molecule has 1 N–H and O–H groups in total. The van der Waals surface area contributed by atoms with Gasteiger partial charge in [0.05, 0.1) is 6.61 Å².